The van der Waals surface area contributed by atoms with Gasteiger partial charge in [-0.2, -0.15) is 0 Å². The highest BCUT2D eigenvalue weighted by Crippen LogP contribution is 2.32. The van der Waals surface area contributed by atoms with E-state index in [0.717, 1.165) is 70.8 Å². The van der Waals surface area contributed by atoms with Crippen LogP contribution in [0.4, 0.5) is 10.2 Å². The van der Waals surface area contributed by atoms with Crippen molar-refractivity contribution in [3.8, 4) is 22.5 Å². The Morgan fingerprint density at radius 3 is 1.43 bits per heavy atom. The highest BCUT2D eigenvalue weighted by Gasteiger charge is 2.20. The molecular weight excluding hydrogens is 797 g/mol. The fourth-order valence-corrected chi connectivity index (χ4v) is 7.39. The lowest BCUT2D eigenvalue weighted by atomic mass is 10.1. The molecule has 0 spiro atoms. The molecule has 0 radical (unpaired) electrons. The van der Waals surface area contributed by atoms with Crippen molar-refractivity contribution in [2.75, 3.05) is 39.4 Å². The van der Waals surface area contributed by atoms with Gasteiger partial charge in [0.25, 0.3) is 0 Å². The molecule has 0 N–H and O–H groups in total. The minimum absolute atomic E-state index is 0. The van der Waals surface area contributed by atoms with Gasteiger partial charge >= 0.3 is 11.9 Å². The number of methoxy groups -OCH3 is 2. The molecule has 1 saturated carbocycles. The average Bonchev–Trinajstić information content (AvgIpc) is 3.75. The van der Waals surface area contributed by atoms with Gasteiger partial charge in [0.2, 0.25) is 0 Å². The molecule has 0 amide bonds. The van der Waals surface area contributed by atoms with Crippen molar-refractivity contribution in [2.24, 2.45) is 0 Å². The van der Waals surface area contributed by atoms with Gasteiger partial charge in [-0.1, -0.05) is 126 Å². The number of anilines is 1. The highest BCUT2D eigenvalue weighted by molar-refractivity contribution is 9.10. The molecule has 1 saturated heterocycles. The van der Waals surface area contributed by atoms with Crippen LogP contribution < -0.4 is 4.90 Å². The molecule has 2 aromatic heterocycles. The van der Waals surface area contributed by atoms with Gasteiger partial charge in [-0.3, -0.25) is 4.39 Å². The lowest BCUT2D eigenvalue weighted by Gasteiger charge is -2.24. The van der Waals surface area contributed by atoms with E-state index in [-0.39, 0.29) is 19.4 Å². The first kappa shape index (κ1) is 43.8. The molecular formula is C47H55BrFN5O4. The van der Waals surface area contributed by atoms with Crippen molar-refractivity contribution in [1.29, 1.82) is 0 Å². The maximum Gasteiger partial charge on any atom is 0.337 e. The predicted molar refractivity (Wildman–Crippen MR) is 237 cm³/mol. The summed E-state index contributed by atoms with van der Waals surface area (Å²) in [5.74, 6) is 0.154. The Balaban J connectivity index is 0.000000212. The number of aromatic nitrogens is 4. The first-order valence-electron chi connectivity index (χ1n) is 20.2. The predicted octanol–water partition coefficient (Wildman–Crippen LogP) is 12.3. The van der Waals surface area contributed by atoms with E-state index in [1.165, 1.54) is 72.0 Å². The van der Waals surface area contributed by atoms with E-state index < -0.39 is 7.15 Å². The summed E-state index contributed by atoms with van der Waals surface area (Å²) in [6, 6.07) is 30.5. The number of alkyl halides is 1. The third-order valence-electron chi connectivity index (χ3n) is 9.86. The van der Waals surface area contributed by atoms with Crippen molar-refractivity contribution < 1.29 is 24.8 Å². The number of halogens is 2. The summed E-state index contributed by atoms with van der Waals surface area (Å²) in [7, 11) is 1.74. The van der Waals surface area contributed by atoms with Crippen molar-refractivity contribution in [1.82, 2.24) is 19.9 Å². The fraction of sp³-hybridized carbons (Fsp3) is 0.362. The zero-order chi connectivity index (χ0) is 41.1. The molecule has 6 aromatic rings. The van der Waals surface area contributed by atoms with Crippen LogP contribution in [0.2, 0.25) is 0 Å². The van der Waals surface area contributed by atoms with E-state index >= 15 is 0 Å². The summed E-state index contributed by atoms with van der Waals surface area (Å²) in [6.07, 6.45) is 15.3. The molecule has 58 heavy (non-hydrogen) atoms. The van der Waals surface area contributed by atoms with Crippen LogP contribution >= 0.6 is 15.9 Å². The number of carbonyl (C=O) groups is 2. The van der Waals surface area contributed by atoms with E-state index in [2.05, 4.69) is 42.9 Å². The number of benzene rings is 4. The third-order valence-corrected chi connectivity index (χ3v) is 10.4. The molecule has 0 unspecified atom stereocenters. The van der Waals surface area contributed by atoms with Crippen molar-refractivity contribution >= 4 is 55.8 Å². The van der Waals surface area contributed by atoms with Crippen molar-refractivity contribution in [3.05, 3.63) is 113 Å². The van der Waals surface area contributed by atoms with Crippen LogP contribution in [0.15, 0.2) is 102 Å². The monoisotopic (exact) mass is 852 g/mol. The molecule has 8 rings (SSSR count). The maximum absolute atomic E-state index is 11.9. The van der Waals surface area contributed by atoms with E-state index in [1.54, 1.807) is 30.3 Å². The standard InChI is InChI=1S/C22H23N3O2.C16H11BrN2O2.C7H14.CH3F.CH4/c1-27-22(26)17-11-12-18-19(15-17)24-21(25-13-7-2-3-8-14-25)20(23-18)16-9-5-4-6-10-16;1-21-16(20)11-7-8-12-13(9-11)19-15(17)14(18-12)10-5-3-2-4-6-10;1-2-4-6-7-5-3-1;1-2;/h4-6,9-12,15H,2-3,7-8,13-14H2,1H3;2-9H,1H3;1-7H2;1H3;1H4/i;;;1D;. The van der Waals surface area contributed by atoms with Crippen molar-refractivity contribution in [3.63, 3.8) is 0 Å². The van der Waals surface area contributed by atoms with E-state index in [9.17, 15) is 14.0 Å². The second-order valence-corrected chi connectivity index (χ2v) is 14.5. The van der Waals surface area contributed by atoms with Crippen LogP contribution in [0.25, 0.3) is 44.6 Å². The first-order valence-corrected chi connectivity index (χ1v) is 20.3. The van der Waals surface area contributed by atoms with E-state index in [4.69, 9.17) is 20.8 Å². The Hall–Kier alpha value is -5.29. The minimum Gasteiger partial charge on any atom is -0.465 e. The molecule has 11 heteroatoms. The largest absolute Gasteiger partial charge is 0.465 e. The molecule has 0 bridgehead atoms. The van der Waals surface area contributed by atoms with E-state index in [0.29, 0.717) is 21.2 Å². The fourth-order valence-electron chi connectivity index (χ4n) is 6.88. The number of nitrogens with zero attached hydrogens (tertiary/aromatic N) is 5. The molecule has 9 nitrogen and oxygen atoms in total. The van der Waals surface area contributed by atoms with Gasteiger partial charge in [0, 0.05) is 24.2 Å². The van der Waals surface area contributed by atoms with Crippen LogP contribution in [0, 0.1) is 0 Å². The first-order chi connectivity index (χ1) is 28.4. The number of fused-ring (bicyclic) bond motifs is 2. The molecule has 3 heterocycles. The zero-order valence-corrected chi connectivity index (χ0v) is 34.3. The van der Waals surface area contributed by atoms with Crippen LogP contribution in [0.5, 0.6) is 0 Å². The van der Waals surface area contributed by atoms with Gasteiger partial charge < -0.3 is 14.4 Å². The van der Waals surface area contributed by atoms with Gasteiger partial charge in [0.05, 0.1) is 55.9 Å². The quantitative estimate of drug-likeness (QED) is 0.124. The Kier molecular flexibility index (Phi) is 18.0. The summed E-state index contributed by atoms with van der Waals surface area (Å²) in [5, 5.41) is 0. The molecule has 0 atom stereocenters. The van der Waals surface area contributed by atoms with Gasteiger partial charge in [0.1, 0.15) is 16.0 Å². The smallest absolute Gasteiger partial charge is 0.337 e. The van der Waals surface area contributed by atoms with Gasteiger partial charge in [-0.25, -0.2) is 29.5 Å². The third kappa shape index (κ3) is 12.4. The van der Waals surface area contributed by atoms with E-state index in [1.807, 2.05) is 54.6 Å². The Morgan fingerprint density at radius 1 is 0.586 bits per heavy atom. The Labute approximate surface area is 352 Å². The normalized spacial score (nSPS) is 13.9. The summed E-state index contributed by atoms with van der Waals surface area (Å²) in [4.78, 5) is 44.7. The lowest BCUT2D eigenvalue weighted by molar-refractivity contribution is 0.0592. The Morgan fingerprint density at radius 2 is 0.983 bits per heavy atom. The van der Waals surface area contributed by atoms with Crippen LogP contribution in [-0.4, -0.2) is 66.3 Å². The highest BCUT2D eigenvalue weighted by atomic mass is 79.9. The molecule has 2 aliphatic rings. The second-order valence-electron chi connectivity index (χ2n) is 13.8. The number of hydrogen-bond donors (Lipinski definition) is 0. The number of rotatable bonds is 5. The van der Waals surface area contributed by atoms with Crippen molar-refractivity contribution in [2.45, 2.75) is 78.1 Å². The summed E-state index contributed by atoms with van der Waals surface area (Å²) in [5.41, 5.74) is 7.53. The van der Waals surface area contributed by atoms with Crippen LogP contribution in [0.1, 0.15) is 100 Å². The minimum atomic E-state index is -1.00. The molecule has 1 aliphatic carbocycles. The summed E-state index contributed by atoms with van der Waals surface area (Å²) < 4.78 is 25.7. The Bertz CT molecular complexity index is 2200. The number of carbonyl (C=O) groups excluding carboxylic acids is 2. The molecule has 2 fully saturated rings. The molecule has 1 aliphatic heterocycles. The van der Waals surface area contributed by atoms with Crippen LogP contribution in [-0.2, 0) is 9.47 Å². The van der Waals surface area contributed by atoms with Gasteiger partial charge in [0.15, 0.2) is 5.82 Å². The molecule has 306 valence electrons. The number of esters is 2. The zero-order valence-electron chi connectivity index (χ0n) is 33.8. The number of ether oxygens (including phenoxy) is 2. The number of hydrogen-bond acceptors (Lipinski definition) is 9. The summed E-state index contributed by atoms with van der Waals surface area (Å²) in [6.45, 7) is 1.97. The topological polar surface area (TPSA) is 107 Å². The summed E-state index contributed by atoms with van der Waals surface area (Å²) >= 11 is 3.44. The maximum atomic E-state index is 11.9. The lowest BCUT2D eigenvalue weighted by Crippen LogP contribution is -2.26. The average molecular weight is 854 g/mol. The molecule has 4 aromatic carbocycles. The van der Waals surface area contributed by atoms with Gasteiger partial charge in [-0.15, -0.1) is 0 Å². The second kappa shape index (κ2) is 23.8. The van der Waals surface area contributed by atoms with Crippen LogP contribution in [0.3, 0.4) is 0 Å². The van der Waals surface area contributed by atoms with Gasteiger partial charge in [-0.05, 0) is 65.2 Å². The SMILES string of the molecule is C.C1CCCCCC1.COC(=O)c1ccc2nc(-c3ccccc3)c(Br)nc2c1.COC(=O)c1ccc2nc(-c3ccccc3)c(N3CCCCCC3)nc2c1.[2H]CF.